The van der Waals surface area contributed by atoms with Crippen molar-refractivity contribution in [1.82, 2.24) is 4.98 Å². The molecule has 2 aromatic rings. The van der Waals surface area contributed by atoms with Crippen LogP contribution in [0.25, 0.3) is 0 Å². The van der Waals surface area contributed by atoms with Crippen molar-refractivity contribution in [3.63, 3.8) is 0 Å². The van der Waals surface area contributed by atoms with Gasteiger partial charge in [-0.1, -0.05) is 6.07 Å². The van der Waals surface area contributed by atoms with Crippen molar-refractivity contribution >= 4 is 23.0 Å². The fraction of sp³-hybridized carbons (Fsp3) is 0.286. The monoisotopic (exact) mass is 276 g/mol. The first kappa shape index (κ1) is 13.5. The molecule has 5 heteroatoms. The van der Waals surface area contributed by atoms with Crippen LogP contribution in [0.5, 0.6) is 0 Å². The Kier molecular flexibility index (Phi) is 4.16. The number of likely N-dealkylation sites (N-methyl/N-ethyl adjacent to an activating group) is 1. The molecule has 4 nitrogen and oxygen atoms in total. The second-order valence-corrected chi connectivity index (χ2v) is 5.47. The highest BCUT2D eigenvalue weighted by molar-refractivity contribution is 7.09. The van der Waals surface area contributed by atoms with Crippen molar-refractivity contribution in [3.05, 3.63) is 46.4 Å². The Morgan fingerprint density at radius 3 is 2.95 bits per heavy atom. The van der Waals surface area contributed by atoms with Crippen LogP contribution in [0.3, 0.4) is 0 Å². The molecule has 1 atom stereocenters. The molecule has 0 bridgehead atoms. The summed E-state index contributed by atoms with van der Waals surface area (Å²) in [6, 6.07) is 6.09. The number of anilines is 1. The summed E-state index contributed by atoms with van der Waals surface area (Å²) in [5.74, 6) is -0.946. The van der Waals surface area contributed by atoms with Crippen LogP contribution in [0.2, 0.25) is 0 Å². The van der Waals surface area contributed by atoms with Gasteiger partial charge in [0.2, 0.25) is 0 Å². The highest BCUT2D eigenvalue weighted by atomic mass is 32.1. The van der Waals surface area contributed by atoms with Crippen molar-refractivity contribution in [2.45, 2.75) is 19.4 Å². The average Bonchev–Trinajstić information content (AvgIpc) is 2.90. The Bertz CT molecular complexity index is 554. The second kappa shape index (κ2) is 5.84. The van der Waals surface area contributed by atoms with E-state index in [0.29, 0.717) is 5.69 Å². The highest BCUT2D eigenvalue weighted by Crippen LogP contribution is 2.22. The van der Waals surface area contributed by atoms with Gasteiger partial charge in [-0.15, -0.1) is 11.3 Å². The lowest BCUT2D eigenvalue weighted by Gasteiger charge is -2.27. The molecule has 1 N–H and O–H groups in total. The minimum absolute atomic E-state index is 0.221. The van der Waals surface area contributed by atoms with Crippen molar-refractivity contribution in [1.29, 1.82) is 0 Å². The molecule has 1 unspecified atom stereocenters. The van der Waals surface area contributed by atoms with Crippen molar-refractivity contribution in [3.8, 4) is 0 Å². The number of carboxylic acid groups (broad SMARTS) is 1. The van der Waals surface area contributed by atoms with Gasteiger partial charge in [-0.2, -0.15) is 0 Å². The molecule has 0 aliphatic carbocycles. The van der Waals surface area contributed by atoms with Gasteiger partial charge in [-0.05, 0) is 24.4 Å². The lowest BCUT2D eigenvalue weighted by Crippen LogP contribution is -2.31. The van der Waals surface area contributed by atoms with Crippen LogP contribution >= 0.6 is 11.3 Å². The fourth-order valence-electron chi connectivity index (χ4n) is 1.95. The predicted molar refractivity (Wildman–Crippen MR) is 77.1 cm³/mol. The van der Waals surface area contributed by atoms with Crippen molar-refractivity contribution in [2.24, 2.45) is 0 Å². The lowest BCUT2D eigenvalue weighted by atomic mass is 10.1. The van der Waals surface area contributed by atoms with E-state index in [1.807, 2.05) is 18.0 Å². The Labute approximate surface area is 116 Å². The van der Waals surface area contributed by atoms with Gasteiger partial charge < -0.3 is 10.0 Å². The van der Waals surface area contributed by atoms with E-state index in [4.69, 9.17) is 0 Å². The maximum Gasteiger partial charge on any atom is 0.339 e. The first-order valence-corrected chi connectivity index (χ1v) is 6.90. The smallest absolute Gasteiger partial charge is 0.339 e. The van der Waals surface area contributed by atoms with Crippen LogP contribution in [0.15, 0.2) is 36.0 Å². The number of hydrogen-bond donors (Lipinski definition) is 1. The Hall–Kier alpha value is -1.88. The van der Waals surface area contributed by atoms with Gasteiger partial charge in [0.05, 0.1) is 5.69 Å². The molecule has 2 heterocycles. The molecule has 0 radical (unpaired) electrons. The molecule has 0 amide bonds. The first-order chi connectivity index (χ1) is 9.09. The zero-order valence-corrected chi connectivity index (χ0v) is 11.7. The number of pyridine rings is 1. The van der Waals surface area contributed by atoms with E-state index in [-0.39, 0.29) is 11.6 Å². The van der Waals surface area contributed by atoms with Crippen LogP contribution in [-0.2, 0) is 6.42 Å². The number of nitrogens with zero attached hydrogens (tertiary/aromatic N) is 2. The summed E-state index contributed by atoms with van der Waals surface area (Å²) in [7, 11) is 1.92. The normalized spacial score (nSPS) is 12.1. The first-order valence-electron chi connectivity index (χ1n) is 6.02. The number of aromatic nitrogens is 1. The summed E-state index contributed by atoms with van der Waals surface area (Å²) >= 11 is 1.72. The fourth-order valence-corrected chi connectivity index (χ4v) is 2.78. The number of aromatic carboxylic acids is 1. The Morgan fingerprint density at radius 1 is 1.53 bits per heavy atom. The molecule has 0 aromatic carbocycles. The molecular formula is C14H16N2O2S. The average molecular weight is 276 g/mol. The minimum atomic E-state index is -0.946. The summed E-state index contributed by atoms with van der Waals surface area (Å²) < 4.78 is 0. The van der Waals surface area contributed by atoms with E-state index in [2.05, 4.69) is 23.4 Å². The largest absolute Gasteiger partial charge is 0.478 e. The van der Waals surface area contributed by atoms with Gasteiger partial charge in [0.25, 0.3) is 0 Å². The summed E-state index contributed by atoms with van der Waals surface area (Å²) in [4.78, 5) is 18.4. The maximum atomic E-state index is 11.2. The SMILES string of the molecule is CC(Cc1cccs1)N(C)c1ccncc1C(=O)O. The lowest BCUT2D eigenvalue weighted by molar-refractivity contribution is 0.0697. The number of rotatable bonds is 5. The third-order valence-electron chi connectivity index (χ3n) is 3.15. The molecule has 0 fully saturated rings. The molecule has 100 valence electrons. The third kappa shape index (κ3) is 3.12. The molecule has 2 rings (SSSR count). The molecule has 2 aromatic heterocycles. The topological polar surface area (TPSA) is 53.4 Å². The Morgan fingerprint density at radius 2 is 2.32 bits per heavy atom. The van der Waals surface area contributed by atoms with Gasteiger partial charge in [-0.25, -0.2) is 4.79 Å². The van der Waals surface area contributed by atoms with E-state index in [1.54, 1.807) is 23.6 Å². The number of thiophene rings is 1. The number of carbonyl (C=O) groups is 1. The van der Waals surface area contributed by atoms with E-state index in [9.17, 15) is 9.90 Å². The van der Waals surface area contributed by atoms with Crippen LogP contribution < -0.4 is 4.90 Å². The van der Waals surface area contributed by atoms with E-state index >= 15 is 0 Å². The van der Waals surface area contributed by atoms with E-state index in [1.165, 1.54) is 11.1 Å². The zero-order valence-electron chi connectivity index (χ0n) is 10.9. The highest BCUT2D eigenvalue weighted by Gasteiger charge is 2.17. The summed E-state index contributed by atoms with van der Waals surface area (Å²) in [5, 5.41) is 11.2. The van der Waals surface area contributed by atoms with Gasteiger partial charge in [0, 0.05) is 36.8 Å². The summed E-state index contributed by atoms with van der Waals surface area (Å²) in [5.41, 5.74) is 0.939. The molecule has 19 heavy (non-hydrogen) atoms. The van der Waals surface area contributed by atoms with E-state index in [0.717, 1.165) is 6.42 Å². The zero-order chi connectivity index (χ0) is 13.8. The number of hydrogen-bond acceptors (Lipinski definition) is 4. The minimum Gasteiger partial charge on any atom is -0.478 e. The van der Waals surface area contributed by atoms with Crippen LogP contribution in [0.4, 0.5) is 5.69 Å². The molecule has 0 spiro atoms. The van der Waals surface area contributed by atoms with Gasteiger partial charge in [-0.3, -0.25) is 4.98 Å². The molecule has 0 saturated heterocycles. The third-order valence-corrected chi connectivity index (χ3v) is 4.05. The molecule has 0 aliphatic heterocycles. The van der Waals surface area contributed by atoms with Crippen LogP contribution in [0.1, 0.15) is 22.2 Å². The van der Waals surface area contributed by atoms with Crippen LogP contribution in [-0.4, -0.2) is 29.1 Å². The standard InChI is InChI=1S/C14H16N2O2S/c1-10(8-11-4-3-7-19-11)16(2)13-5-6-15-9-12(13)14(17)18/h3-7,9-10H,8H2,1-2H3,(H,17,18). The van der Waals surface area contributed by atoms with Gasteiger partial charge in [0.1, 0.15) is 5.56 Å². The van der Waals surface area contributed by atoms with Crippen LogP contribution in [0, 0.1) is 0 Å². The predicted octanol–water partition coefficient (Wildman–Crippen LogP) is 2.91. The summed E-state index contributed by atoms with van der Waals surface area (Å²) in [6.45, 7) is 2.09. The maximum absolute atomic E-state index is 11.2. The molecular weight excluding hydrogens is 260 g/mol. The summed E-state index contributed by atoms with van der Waals surface area (Å²) in [6.07, 6.45) is 3.91. The van der Waals surface area contributed by atoms with Crippen molar-refractivity contribution in [2.75, 3.05) is 11.9 Å². The van der Waals surface area contributed by atoms with E-state index < -0.39 is 5.97 Å². The Balaban J connectivity index is 2.19. The quantitative estimate of drug-likeness (QED) is 0.912. The number of carboxylic acids is 1. The molecule has 0 aliphatic rings. The van der Waals surface area contributed by atoms with Gasteiger partial charge in [0.15, 0.2) is 0 Å². The van der Waals surface area contributed by atoms with Crippen molar-refractivity contribution < 1.29 is 9.90 Å². The molecule has 0 saturated carbocycles. The van der Waals surface area contributed by atoms with Gasteiger partial charge >= 0.3 is 5.97 Å². The second-order valence-electron chi connectivity index (χ2n) is 4.44.